The van der Waals surface area contributed by atoms with Gasteiger partial charge in [-0.25, -0.2) is 4.79 Å². The molecule has 0 saturated heterocycles. The number of hydrogen-bond acceptors (Lipinski definition) is 7. The molecule has 2 atom stereocenters. The monoisotopic (exact) mass is 514 g/mol. The van der Waals surface area contributed by atoms with E-state index in [1.807, 2.05) is 0 Å². The van der Waals surface area contributed by atoms with Gasteiger partial charge in [0.1, 0.15) is 29.2 Å². The van der Waals surface area contributed by atoms with Gasteiger partial charge in [0.2, 0.25) is 11.8 Å². The van der Waals surface area contributed by atoms with Crippen molar-refractivity contribution in [2.24, 2.45) is 5.73 Å². The minimum atomic E-state index is -1.41. The summed E-state index contributed by atoms with van der Waals surface area (Å²) in [6.07, 6.45) is -1.45. The predicted molar refractivity (Wildman–Crippen MR) is 137 cm³/mol. The Hall–Kier alpha value is -4.28. The Morgan fingerprint density at radius 1 is 1.05 bits per heavy atom. The molecule has 5 N–H and O–H groups in total. The second-order valence-corrected chi connectivity index (χ2v) is 9.17. The molecule has 2 unspecified atom stereocenters. The average molecular weight is 515 g/mol. The summed E-state index contributed by atoms with van der Waals surface area (Å²) in [5, 5.41) is 15.7. The number of para-hydroxylation sites is 1. The summed E-state index contributed by atoms with van der Waals surface area (Å²) in [7, 11) is 1.51. The molecule has 0 spiro atoms. The van der Waals surface area contributed by atoms with Gasteiger partial charge in [0.25, 0.3) is 5.91 Å². The number of phenols is 1. The van der Waals surface area contributed by atoms with Crippen LogP contribution < -0.4 is 21.1 Å². The molecule has 2 aromatic rings. The zero-order valence-corrected chi connectivity index (χ0v) is 21.6. The number of hydrogen-bond donors (Lipinski definition) is 4. The van der Waals surface area contributed by atoms with Crippen molar-refractivity contribution in [2.45, 2.75) is 51.8 Å². The number of phenolic OH excluding ortho intramolecular Hbond substituents is 1. The topological polar surface area (TPSA) is 160 Å². The lowest BCUT2D eigenvalue weighted by Crippen LogP contribution is -2.53. The van der Waals surface area contributed by atoms with Gasteiger partial charge in [-0.15, -0.1) is 0 Å². The van der Waals surface area contributed by atoms with E-state index in [1.165, 1.54) is 19.2 Å². The number of primary amides is 1. The lowest BCUT2D eigenvalue weighted by Gasteiger charge is -2.33. The number of ether oxygens (including phenoxy) is 2. The van der Waals surface area contributed by atoms with Crippen molar-refractivity contribution in [3.05, 3.63) is 54.1 Å². The Bertz CT molecular complexity index is 1110. The Morgan fingerprint density at radius 2 is 1.68 bits per heavy atom. The van der Waals surface area contributed by atoms with E-state index in [4.69, 9.17) is 15.2 Å². The fourth-order valence-electron chi connectivity index (χ4n) is 3.57. The zero-order valence-electron chi connectivity index (χ0n) is 21.6. The third-order valence-electron chi connectivity index (χ3n) is 5.17. The highest BCUT2D eigenvalue weighted by Crippen LogP contribution is 2.31. The first-order valence-corrected chi connectivity index (χ1v) is 11.7. The van der Waals surface area contributed by atoms with Crippen molar-refractivity contribution in [1.29, 1.82) is 0 Å². The first-order valence-electron chi connectivity index (χ1n) is 11.7. The summed E-state index contributed by atoms with van der Waals surface area (Å²) in [5.41, 5.74) is 5.06. The van der Waals surface area contributed by atoms with E-state index in [9.17, 15) is 24.3 Å². The molecular weight excluding hydrogens is 480 g/mol. The van der Waals surface area contributed by atoms with Crippen molar-refractivity contribution in [3.63, 3.8) is 0 Å². The minimum Gasteiger partial charge on any atom is -0.508 e. The summed E-state index contributed by atoms with van der Waals surface area (Å²) >= 11 is 0. The first kappa shape index (κ1) is 29.0. The largest absolute Gasteiger partial charge is 0.508 e. The summed E-state index contributed by atoms with van der Waals surface area (Å²) in [6, 6.07) is 9.92. The first-order chi connectivity index (χ1) is 17.4. The molecule has 0 aliphatic carbocycles. The Labute approximate surface area is 215 Å². The summed E-state index contributed by atoms with van der Waals surface area (Å²) in [6.45, 7) is 6.56. The molecule has 11 heteroatoms. The molecule has 0 saturated carbocycles. The molecule has 2 rings (SSSR count). The maximum atomic E-state index is 13.6. The quantitative estimate of drug-likeness (QED) is 0.379. The molecule has 200 valence electrons. The summed E-state index contributed by atoms with van der Waals surface area (Å²) in [5.74, 6) is -1.85. The molecule has 0 aliphatic rings. The number of nitrogens with one attached hydrogen (secondary N) is 2. The van der Waals surface area contributed by atoms with E-state index in [0.717, 1.165) is 4.90 Å². The summed E-state index contributed by atoms with van der Waals surface area (Å²) < 4.78 is 10.4. The molecule has 0 aromatic heterocycles. The molecule has 0 aliphatic heterocycles. The highest BCUT2D eigenvalue weighted by Gasteiger charge is 2.37. The number of amides is 4. The second-order valence-electron chi connectivity index (χ2n) is 9.17. The van der Waals surface area contributed by atoms with Crippen LogP contribution >= 0.6 is 0 Å². The standard InChI is InChI=1S/C26H34N4O7/c1-6-30(24(34)19(15-21(27)32)29-25(35)37-26(2,3)4)22(18-9-7-8-10-20(18)31)23(33)28-16-11-13-17(36-5)14-12-16/h7-14,19,22,31H,6,15H2,1-5H3,(H2,27,32)(H,28,33)(H,29,35). The molecule has 0 heterocycles. The van der Waals surface area contributed by atoms with Gasteiger partial charge < -0.3 is 35.8 Å². The number of nitrogens with zero attached hydrogens (tertiary/aromatic N) is 1. The Kier molecular flexibility index (Phi) is 9.87. The SMILES string of the molecule is CCN(C(=O)C(CC(N)=O)NC(=O)OC(C)(C)C)C(C(=O)Nc1ccc(OC)cc1)c1ccccc1O. The van der Waals surface area contributed by atoms with E-state index >= 15 is 0 Å². The van der Waals surface area contributed by atoms with E-state index in [2.05, 4.69) is 10.6 Å². The number of likely N-dealkylation sites (N-methyl/N-ethyl adjacent to an activating group) is 1. The van der Waals surface area contributed by atoms with E-state index in [-0.39, 0.29) is 17.9 Å². The smallest absolute Gasteiger partial charge is 0.408 e. The van der Waals surface area contributed by atoms with Crippen molar-refractivity contribution in [1.82, 2.24) is 10.2 Å². The van der Waals surface area contributed by atoms with Gasteiger partial charge >= 0.3 is 6.09 Å². The third-order valence-corrected chi connectivity index (χ3v) is 5.17. The highest BCUT2D eigenvalue weighted by atomic mass is 16.6. The van der Waals surface area contributed by atoms with Gasteiger partial charge in [-0.3, -0.25) is 14.4 Å². The fraction of sp³-hybridized carbons (Fsp3) is 0.385. The predicted octanol–water partition coefficient (Wildman–Crippen LogP) is 2.70. The fourth-order valence-corrected chi connectivity index (χ4v) is 3.57. The number of carbonyl (C=O) groups is 4. The Morgan fingerprint density at radius 3 is 2.19 bits per heavy atom. The van der Waals surface area contributed by atoms with Crippen molar-refractivity contribution in [3.8, 4) is 11.5 Å². The molecule has 4 amide bonds. The van der Waals surface area contributed by atoms with Gasteiger partial charge in [0, 0.05) is 17.8 Å². The second kappa shape index (κ2) is 12.6. The summed E-state index contributed by atoms with van der Waals surface area (Å²) in [4.78, 5) is 52.5. The van der Waals surface area contributed by atoms with Crippen LogP contribution in [-0.2, 0) is 19.1 Å². The lowest BCUT2D eigenvalue weighted by molar-refractivity contribution is -0.141. The van der Waals surface area contributed by atoms with Gasteiger partial charge in [-0.2, -0.15) is 0 Å². The lowest BCUT2D eigenvalue weighted by atomic mass is 10.0. The molecule has 2 aromatic carbocycles. The molecule has 0 bridgehead atoms. The number of benzene rings is 2. The van der Waals surface area contributed by atoms with Crippen LogP contribution in [0.4, 0.5) is 10.5 Å². The van der Waals surface area contributed by atoms with Crippen molar-refractivity contribution in [2.75, 3.05) is 19.0 Å². The van der Waals surface area contributed by atoms with E-state index in [0.29, 0.717) is 11.4 Å². The molecule has 0 radical (unpaired) electrons. The van der Waals surface area contributed by atoms with Crippen LogP contribution in [0, 0.1) is 0 Å². The molecule has 37 heavy (non-hydrogen) atoms. The molecule has 11 nitrogen and oxygen atoms in total. The normalized spacial score (nSPS) is 12.6. The van der Waals surface area contributed by atoms with Crippen LogP contribution in [0.15, 0.2) is 48.5 Å². The van der Waals surface area contributed by atoms with Crippen molar-refractivity contribution < 1.29 is 33.8 Å². The van der Waals surface area contributed by atoms with Gasteiger partial charge in [0.05, 0.1) is 13.5 Å². The van der Waals surface area contributed by atoms with Crippen LogP contribution in [0.2, 0.25) is 0 Å². The van der Waals surface area contributed by atoms with Crippen molar-refractivity contribution >= 4 is 29.5 Å². The maximum Gasteiger partial charge on any atom is 0.408 e. The van der Waals surface area contributed by atoms with E-state index < -0.39 is 47.9 Å². The van der Waals surface area contributed by atoms with Crippen LogP contribution in [0.3, 0.4) is 0 Å². The number of methoxy groups -OCH3 is 1. The van der Waals surface area contributed by atoms with Crippen LogP contribution in [0.1, 0.15) is 45.7 Å². The van der Waals surface area contributed by atoms with Crippen LogP contribution in [0.25, 0.3) is 0 Å². The third kappa shape index (κ3) is 8.41. The molecular formula is C26H34N4O7. The average Bonchev–Trinajstić information content (AvgIpc) is 2.81. The Balaban J connectivity index is 2.45. The highest BCUT2D eigenvalue weighted by molar-refractivity contribution is 6.00. The molecule has 0 fully saturated rings. The number of alkyl carbamates (subject to hydrolysis) is 1. The van der Waals surface area contributed by atoms with Gasteiger partial charge in [-0.05, 0) is 58.0 Å². The van der Waals surface area contributed by atoms with Crippen LogP contribution in [-0.4, -0.2) is 59.1 Å². The van der Waals surface area contributed by atoms with Gasteiger partial charge in [-0.1, -0.05) is 18.2 Å². The number of nitrogens with two attached hydrogens (primary N) is 1. The van der Waals surface area contributed by atoms with Crippen LogP contribution in [0.5, 0.6) is 11.5 Å². The minimum absolute atomic E-state index is 0.000866. The number of rotatable bonds is 10. The van der Waals surface area contributed by atoms with Gasteiger partial charge in [0.15, 0.2) is 0 Å². The number of carbonyl (C=O) groups excluding carboxylic acids is 4. The maximum absolute atomic E-state index is 13.6. The number of aromatic hydroxyl groups is 1. The van der Waals surface area contributed by atoms with E-state index in [1.54, 1.807) is 64.1 Å². The zero-order chi connectivity index (χ0) is 27.8. The number of anilines is 1.